The molecule has 0 aliphatic heterocycles. The fourth-order valence-corrected chi connectivity index (χ4v) is 4.54. The molecular formula is C24H27Cl3N2O3. The SMILES string of the molecule is CC[C@H](C(=O)NC1CCCC1)N(Cc1c(Cl)cccc1Cl)C(=O)COc1ccc(Cl)cc1. The van der Waals surface area contributed by atoms with Gasteiger partial charge in [0.1, 0.15) is 11.8 Å². The third-order valence-corrected chi connectivity index (χ3v) is 6.61. The highest BCUT2D eigenvalue weighted by Crippen LogP contribution is 2.27. The van der Waals surface area contributed by atoms with Crippen molar-refractivity contribution < 1.29 is 14.3 Å². The minimum absolute atomic E-state index is 0.109. The molecule has 5 nitrogen and oxygen atoms in total. The van der Waals surface area contributed by atoms with Crippen molar-refractivity contribution in [2.75, 3.05) is 6.61 Å². The van der Waals surface area contributed by atoms with Crippen LogP contribution in [0.1, 0.15) is 44.6 Å². The zero-order valence-electron chi connectivity index (χ0n) is 18.0. The molecule has 0 saturated heterocycles. The topological polar surface area (TPSA) is 58.6 Å². The van der Waals surface area contributed by atoms with Crippen LogP contribution in [0.5, 0.6) is 5.75 Å². The van der Waals surface area contributed by atoms with Gasteiger partial charge in [0, 0.05) is 33.2 Å². The summed E-state index contributed by atoms with van der Waals surface area (Å²) in [5.41, 5.74) is 0.600. The number of amides is 2. The van der Waals surface area contributed by atoms with Gasteiger partial charge in [0.15, 0.2) is 6.61 Å². The van der Waals surface area contributed by atoms with E-state index in [0.717, 1.165) is 25.7 Å². The van der Waals surface area contributed by atoms with Crippen LogP contribution >= 0.6 is 34.8 Å². The number of benzene rings is 2. The quantitative estimate of drug-likeness (QED) is 0.470. The molecule has 2 aromatic rings. The molecule has 0 bridgehead atoms. The van der Waals surface area contributed by atoms with E-state index in [-0.39, 0.29) is 31.0 Å². The summed E-state index contributed by atoms with van der Waals surface area (Å²) >= 11 is 18.6. The van der Waals surface area contributed by atoms with Crippen LogP contribution in [-0.2, 0) is 16.1 Å². The monoisotopic (exact) mass is 496 g/mol. The lowest BCUT2D eigenvalue weighted by atomic mass is 10.1. The van der Waals surface area contributed by atoms with Crippen molar-refractivity contribution in [1.29, 1.82) is 0 Å². The lowest BCUT2D eigenvalue weighted by molar-refractivity contribution is -0.143. The summed E-state index contributed by atoms with van der Waals surface area (Å²) in [5.74, 6) is 0.0220. The Kier molecular flexibility index (Phi) is 9.09. The maximum Gasteiger partial charge on any atom is 0.261 e. The Labute approximate surface area is 204 Å². The van der Waals surface area contributed by atoms with Crippen molar-refractivity contribution in [3.63, 3.8) is 0 Å². The van der Waals surface area contributed by atoms with E-state index in [4.69, 9.17) is 39.5 Å². The van der Waals surface area contributed by atoms with Gasteiger partial charge in [0.2, 0.25) is 5.91 Å². The van der Waals surface area contributed by atoms with Crippen molar-refractivity contribution >= 4 is 46.6 Å². The first-order valence-corrected chi connectivity index (χ1v) is 11.9. The summed E-state index contributed by atoms with van der Waals surface area (Å²) in [5, 5.41) is 4.57. The number of hydrogen-bond donors (Lipinski definition) is 1. The van der Waals surface area contributed by atoms with E-state index in [1.54, 1.807) is 42.5 Å². The predicted molar refractivity (Wildman–Crippen MR) is 128 cm³/mol. The summed E-state index contributed by atoms with van der Waals surface area (Å²) in [6, 6.07) is 11.4. The van der Waals surface area contributed by atoms with Gasteiger partial charge in [-0.1, -0.05) is 60.6 Å². The second-order valence-corrected chi connectivity index (χ2v) is 9.13. The first-order valence-electron chi connectivity index (χ1n) is 10.8. The Bertz CT molecular complexity index is 910. The summed E-state index contributed by atoms with van der Waals surface area (Å²) in [4.78, 5) is 27.9. The molecular weight excluding hydrogens is 471 g/mol. The number of nitrogens with one attached hydrogen (secondary N) is 1. The van der Waals surface area contributed by atoms with Gasteiger partial charge in [-0.05, 0) is 55.7 Å². The maximum atomic E-state index is 13.3. The molecule has 0 radical (unpaired) electrons. The first kappa shape index (κ1) is 24.7. The van der Waals surface area contributed by atoms with Crippen molar-refractivity contribution in [3.05, 3.63) is 63.1 Å². The van der Waals surface area contributed by atoms with Gasteiger partial charge in [-0.15, -0.1) is 0 Å². The summed E-state index contributed by atoms with van der Waals surface area (Å²) in [6.45, 7) is 1.77. The molecule has 1 atom stereocenters. The van der Waals surface area contributed by atoms with E-state index >= 15 is 0 Å². The van der Waals surface area contributed by atoms with Gasteiger partial charge in [0.25, 0.3) is 5.91 Å². The van der Waals surface area contributed by atoms with Crippen molar-refractivity contribution in [2.45, 2.75) is 57.7 Å². The molecule has 0 aromatic heterocycles. The third-order valence-electron chi connectivity index (χ3n) is 5.65. The minimum atomic E-state index is -0.663. The number of rotatable bonds is 9. The highest BCUT2D eigenvalue weighted by atomic mass is 35.5. The average molecular weight is 498 g/mol. The molecule has 0 spiro atoms. The van der Waals surface area contributed by atoms with Crippen molar-refractivity contribution in [2.24, 2.45) is 0 Å². The summed E-state index contributed by atoms with van der Waals surface area (Å²) in [7, 11) is 0. The smallest absolute Gasteiger partial charge is 0.261 e. The van der Waals surface area contributed by atoms with Gasteiger partial charge < -0.3 is 15.0 Å². The number of halogens is 3. The van der Waals surface area contributed by atoms with E-state index in [0.29, 0.717) is 32.8 Å². The number of carbonyl (C=O) groups is 2. The maximum absolute atomic E-state index is 13.3. The third kappa shape index (κ3) is 6.53. The Morgan fingerprint density at radius 2 is 1.69 bits per heavy atom. The van der Waals surface area contributed by atoms with Crippen LogP contribution in [0.4, 0.5) is 0 Å². The highest BCUT2D eigenvalue weighted by Gasteiger charge is 2.31. The standard InChI is InChI=1S/C24H27Cl3N2O3/c1-2-22(24(31)28-17-6-3-4-7-17)29(14-19-20(26)8-5-9-21(19)27)23(30)15-32-18-12-10-16(25)11-13-18/h5,8-13,17,22H,2-4,6-7,14-15H2,1H3,(H,28,31)/t22-/m1/s1. The van der Waals surface area contributed by atoms with E-state index in [9.17, 15) is 9.59 Å². The zero-order valence-corrected chi connectivity index (χ0v) is 20.2. The Hall–Kier alpha value is -1.95. The number of ether oxygens (including phenoxy) is 1. The minimum Gasteiger partial charge on any atom is -0.484 e. The van der Waals surface area contributed by atoms with Crippen LogP contribution in [0, 0.1) is 0 Å². The molecule has 2 aromatic carbocycles. The van der Waals surface area contributed by atoms with Gasteiger partial charge in [-0.3, -0.25) is 9.59 Å². The first-order chi connectivity index (χ1) is 15.4. The van der Waals surface area contributed by atoms with Gasteiger partial charge in [-0.2, -0.15) is 0 Å². The van der Waals surface area contributed by atoms with Gasteiger partial charge >= 0.3 is 0 Å². The van der Waals surface area contributed by atoms with Crippen molar-refractivity contribution in [3.8, 4) is 5.75 Å². The Morgan fingerprint density at radius 3 is 2.28 bits per heavy atom. The Morgan fingerprint density at radius 1 is 1.06 bits per heavy atom. The average Bonchev–Trinajstić information content (AvgIpc) is 3.28. The van der Waals surface area contributed by atoms with E-state index < -0.39 is 6.04 Å². The molecule has 1 saturated carbocycles. The lowest BCUT2D eigenvalue weighted by Crippen LogP contribution is -2.52. The fourth-order valence-electron chi connectivity index (χ4n) is 3.90. The number of hydrogen-bond acceptors (Lipinski definition) is 3. The van der Waals surface area contributed by atoms with Crippen LogP contribution in [0.2, 0.25) is 15.1 Å². The molecule has 172 valence electrons. The van der Waals surface area contributed by atoms with Crippen LogP contribution in [0.15, 0.2) is 42.5 Å². The second-order valence-electron chi connectivity index (χ2n) is 7.88. The molecule has 1 fully saturated rings. The van der Waals surface area contributed by atoms with Crippen molar-refractivity contribution in [1.82, 2.24) is 10.2 Å². The van der Waals surface area contributed by atoms with Gasteiger partial charge in [-0.25, -0.2) is 0 Å². The zero-order chi connectivity index (χ0) is 23.1. The largest absolute Gasteiger partial charge is 0.484 e. The lowest BCUT2D eigenvalue weighted by Gasteiger charge is -2.32. The molecule has 0 unspecified atom stereocenters. The molecule has 3 rings (SSSR count). The summed E-state index contributed by atoms with van der Waals surface area (Å²) < 4.78 is 5.66. The molecule has 8 heteroatoms. The van der Waals surface area contributed by atoms with Crippen LogP contribution in [-0.4, -0.2) is 35.4 Å². The van der Waals surface area contributed by atoms with Gasteiger partial charge in [0.05, 0.1) is 0 Å². The van der Waals surface area contributed by atoms with Crippen LogP contribution < -0.4 is 10.1 Å². The molecule has 1 aliphatic carbocycles. The van der Waals surface area contributed by atoms with Crippen LogP contribution in [0.25, 0.3) is 0 Å². The normalized spacial score (nSPS) is 14.8. The Balaban J connectivity index is 1.80. The van der Waals surface area contributed by atoms with E-state index in [1.165, 1.54) is 4.90 Å². The fraction of sp³-hybridized carbons (Fsp3) is 0.417. The van der Waals surface area contributed by atoms with E-state index in [2.05, 4.69) is 5.32 Å². The van der Waals surface area contributed by atoms with E-state index in [1.807, 2.05) is 6.92 Å². The molecule has 0 heterocycles. The molecule has 2 amide bonds. The summed E-state index contributed by atoms with van der Waals surface area (Å²) in [6.07, 6.45) is 4.59. The highest BCUT2D eigenvalue weighted by molar-refractivity contribution is 6.36. The predicted octanol–water partition coefficient (Wildman–Crippen LogP) is 5.89. The molecule has 1 N–H and O–H groups in total. The molecule has 32 heavy (non-hydrogen) atoms. The van der Waals surface area contributed by atoms with Crippen LogP contribution in [0.3, 0.4) is 0 Å². The number of nitrogens with zero attached hydrogens (tertiary/aromatic N) is 1. The second kappa shape index (κ2) is 11.8. The molecule has 1 aliphatic rings. The number of carbonyl (C=O) groups excluding carboxylic acids is 2.